The zero-order valence-electron chi connectivity index (χ0n) is 11.0. The molecule has 0 aliphatic heterocycles. The summed E-state index contributed by atoms with van der Waals surface area (Å²) in [5, 5.41) is 12.2. The largest absolute Gasteiger partial charge is 0.497 e. The smallest absolute Gasteiger partial charge is 0.311 e. The third kappa shape index (κ3) is 3.65. The number of hydrogen-bond donors (Lipinski definition) is 0. The van der Waals surface area contributed by atoms with E-state index in [9.17, 15) is 10.1 Å². The standard InChI is InChI=1S/C14H11BrClNO4/c1-20-10-4-5-13(17(18)19)14(7-10)21-11-3-2-9(8-15)12(16)6-11/h2-7H,8H2,1H3. The molecule has 0 spiro atoms. The van der Waals surface area contributed by atoms with Gasteiger partial charge in [-0.3, -0.25) is 10.1 Å². The number of methoxy groups -OCH3 is 1. The van der Waals surface area contributed by atoms with E-state index in [0.29, 0.717) is 21.9 Å². The van der Waals surface area contributed by atoms with E-state index >= 15 is 0 Å². The molecular formula is C14H11BrClNO4. The molecule has 0 aromatic heterocycles. The van der Waals surface area contributed by atoms with Crippen LogP contribution in [0.15, 0.2) is 36.4 Å². The highest BCUT2D eigenvalue weighted by Crippen LogP contribution is 2.35. The van der Waals surface area contributed by atoms with Crippen molar-refractivity contribution in [1.82, 2.24) is 0 Å². The Morgan fingerprint density at radius 1 is 1.24 bits per heavy atom. The number of nitrogens with zero attached hydrogens (tertiary/aromatic N) is 1. The second-order valence-corrected chi connectivity index (χ2v) is 5.05. The molecule has 5 nitrogen and oxygen atoms in total. The number of benzene rings is 2. The molecule has 2 aromatic rings. The van der Waals surface area contributed by atoms with Crippen LogP contribution in [0.3, 0.4) is 0 Å². The lowest BCUT2D eigenvalue weighted by molar-refractivity contribution is -0.385. The van der Waals surface area contributed by atoms with Gasteiger partial charge >= 0.3 is 5.69 Å². The Morgan fingerprint density at radius 2 is 1.95 bits per heavy atom. The first kappa shape index (κ1) is 15.6. The number of rotatable bonds is 5. The van der Waals surface area contributed by atoms with Crippen molar-refractivity contribution in [2.45, 2.75) is 5.33 Å². The molecule has 0 amide bonds. The van der Waals surface area contributed by atoms with Crippen LogP contribution < -0.4 is 9.47 Å². The van der Waals surface area contributed by atoms with Gasteiger partial charge in [-0.05, 0) is 23.8 Å². The van der Waals surface area contributed by atoms with Crippen molar-refractivity contribution in [3.8, 4) is 17.2 Å². The van der Waals surface area contributed by atoms with Gasteiger partial charge in [-0.1, -0.05) is 33.6 Å². The fourth-order valence-electron chi connectivity index (χ4n) is 1.68. The van der Waals surface area contributed by atoms with E-state index in [-0.39, 0.29) is 11.4 Å². The lowest BCUT2D eigenvalue weighted by Gasteiger charge is -2.09. The Morgan fingerprint density at radius 3 is 2.52 bits per heavy atom. The SMILES string of the molecule is COc1ccc([N+](=O)[O-])c(Oc2ccc(CBr)c(Cl)c2)c1. The molecule has 2 rings (SSSR count). The number of nitro benzene ring substituents is 1. The predicted molar refractivity (Wildman–Crippen MR) is 83.8 cm³/mol. The van der Waals surface area contributed by atoms with Gasteiger partial charge in [0.25, 0.3) is 0 Å². The van der Waals surface area contributed by atoms with Gasteiger partial charge in [-0.15, -0.1) is 0 Å². The number of halogens is 2. The highest BCUT2D eigenvalue weighted by molar-refractivity contribution is 9.08. The van der Waals surface area contributed by atoms with E-state index in [0.717, 1.165) is 5.56 Å². The molecule has 0 aliphatic carbocycles. The zero-order chi connectivity index (χ0) is 15.4. The van der Waals surface area contributed by atoms with Crippen molar-refractivity contribution in [2.75, 3.05) is 7.11 Å². The number of ether oxygens (including phenoxy) is 2. The van der Waals surface area contributed by atoms with Gasteiger partial charge in [-0.2, -0.15) is 0 Å². The molecule has 0 bridgehead atoms. The summed E-state index contributed by atoms with van der Waals surface area (Å²) in [6.07, 6.45) is 0. The highest BCUT2D eigenvalue weighted by Gasteiger charge is 2.17. The van der Waals surface area contributed by atoms with Crippen LogP contribution in [0.25, 0.3) is 0 Å². The van der Waals surface area contributed by atoms with Gasteiger partial charge in [0.05, 0.1) is 12.0 Å². The molecule has 0 saturated heterocycles. The van der Waals surface area contributed by atoms with Crippen LogP contribution in [-0.4, -0.2) is 12.0 Å². The van der Waals surface area contributed by atoms with Crippen molar-refractivity contribution in [1.29, 1.82) is 0 Å². The van der Waals surface area contributed by atoms with Gasteiger partial charge in [0, 0.05) is 22.5 Å². The van der Waals surface area contributed by atoms with E-state index in [1.807, 2.05) is 0 Å². The van der Waals surface area contributed by atoms with Crippen LogP contribution in [0, 0.1) is 10.1 Å². The molecule has 0 fully saturated rings. The lowest BCUT2D eigenvalue weighted by Crippen LogP contribution is -1.95. The van der Waals surface area contributed by atoms with Crippen LogP contribution in [0.2, 0.25) is 5.02 Å². The maximum Gasteiger partial charge on any atom is 0.311 e. The lowest BCUT2D eigenvalue weighted by atomic mass is 10.2. The molecule has 0 atom stereocenters. The number of nitro groups is 1. The minimum Gasteiger partial charge on any atom is -0.497 e. The van der Waals surface area contributed by atoms with Crippen LogP contribution in [0.4, 0.5) is 5.69 Å². The summed E-state index contributed by atoms with van der Waals surface area (Å²) in [4.78, 5) is 10.5. The van der Waals surface area contributed by atoms with Crippen LogP contribution in [0.5, 0.6) is 17.2 Å². The summed E-state index contributed by atoms with van der Waals surface area (Å²) in [6, 6.07) is 9.41. The van der Waals surface area contributed by atoms with E-state index in [1.165, 1.54) is 25.3 Å². The normalized spacial score (nSPS) is 10.2. The topological polar surface area (TPSA) is 61.6 Å². The van der Waals surface area contributed by atoms with Gasteiger partial charge in [0.2, 0.25) is 5.75 Å². The average Bonchev–Trinajstić information content (AvgIpc) is 2.47. The Labute approximate surface area is 134 Å². The van der Waals surface area contributed by atoms with E-state index in [4.69, 9.17) is 21.1 Å². The Balaban J connectivity index is 2.37. The van der Waals surface area contributed by atoms with Crippen molar-refractivity contribution in [2.24, 2.45) is 0 Å². The minimum absolute atomic E-state index is 0.0991. The molecule has 0 aliphatic rings. The van der Waals surface area contributed by atoms with E-state index in [1.54, 1.807) is 18.2 Å². The van der Waals surface area contributed by atoms with Crippen molar-refractivity contribution < 1.29 is 14.4 Å². The Kier molecular flexibility index (Phi) is 5.03. The molecule has 0 saturated carbocycles. The van der Waals surface area contributed by atoms with Gasteiger partial charge < -0.3 is 9.47 Å². The summed E-state index contributed by atoms with van der Waals surface area (Å²) in [5.74, 6) is 0.988. The first-order valence-electron chi connectivity index (χ1n) is 5.90. The molecule has 0 radical (unpaired) electrons. The monoisotopic (exact) mass is 371 g/mol. The van der Waals surface area contributed by atoms with Gasteiger partial charge in [0.15, 0.2) is 0 Å². The van der Waals surface area contributed by atoms with Gasteiger partial charge in [-0.25, -0.2) is 0 Å². The molecule has 7 heteroatoms. The molecule has 2 aromatic carbocycles. The summed E-state index contributed by atoms with van der Waals surface area (Å²) in [7, 11) is 1.48. The van der Waals surface area contributed by atoms with Crippen LogP contribution >= 0.6 is 27.5 Å². The van der Waals surface area contributed by atoms with Crippen molar-refractivity contribution in [3.05, 3.63) is 57.1 Å². The fourth-order valence-corrected chi connectivity index (χ4v) is 2.57. The highest BCUT2D eigenvalue weighted by atomic mass is 79.9. The first-order valence-corrected chi connectivity index (χ1v) is 7.39. The quantitative estimate of drug-likeness (QED) is 0.423. The summed E-state index contributed by atoms with van der Waals surface area (Å²) in [6.45, 7) is 0. The average molecular weight is 373 g/mol. The maximum atomic E-state index is 11.0. The second-order valence-electron chi connectivity index (χ2n) is 4.08. The molecular weight excluding hydrogens is 362 g/mol. The zero-order valence-corrected chi connectivity index (χ0v) is 13.3. The van der Waals surface area contributed by atoms with Crippen molar-refractivity contribution >= 4 is 33.2 Å². The molecule has 110 valence electrons. The number of alkyl halides is 1. The maximum absolute atomic E-state index is 11.0. The first-order chi connectivity index (χ1) is 10.0. The summed E-state index contributed by atoms with van der Waals surface area (Å²) in [5.41, 5.74) is 0.764. The fraction of sp³-hybridized carbons (Fsp3) is 0.143. The van der Waals surface area contributed by atoms with Crippen molar-refractivity contribution in [3.63, 3.8) is 0 Å². The van der Waals surface area contributed by atoms with E-state index in [2.05, 4.69) is 15.9 Å². The third-order valence-corrected chi connectivity index (χ3v) is 3.72. The predicted octanol–water partition coefficient (Wildman–Crippen LogP) is 4.94. The molecule has 0 N–H and O–H groups in total. The minimum atomic E-state index is -0.511. The second kappa shape index (κ2) is 6.78. The Hall–Kier alpha value is -1.79. The van der Waals surface area contributed by atoms with Gasteiger partial charge in [0.1, 0.15) is 11.5 Å². The van der Waals surface area contributed by atoms with Crippen LogP contribution in [-0.2, 0) is 5.33 Å². The summed E-state index contributed by atoms with van der Waals surface area (Å²) < 4.78 is 10.6. The third-order valence-electron chi connectivity index (χ3n) is 2.76. The van der Waals surface area contributed by atoms with E-state index < -0.39 is 4.92 Å². The summed E-state index contributed by atoms with van der Waals surface area (Å²) >= 11 is 9.41. The number of hydrogen-bond acceptors (Lipinski definition) is 4. The molecule has 21 heavy (non-hydrogen) atoms. The molecule has 0 heterocycles. The molecule has 0 unspecified atom stereocenters. The van der Waals surface area contributed by atoms with Crippen LogP contribution in [0.1, 0.15) is 5.56 Å². The Bertz CT molecular complexity index is 678.